The number of aryl methyl sites for hydroxylation is 2. The van der Waals surface area contributed by atoms with Crippen molar-refractivity contribution in [2.45, 2.75) is 33.5 Å². The summed E-state index contributed by atoms with van der Waals surface area (Å²) in [6.07, 6.45) is 0. The summed E-state index contributed by atoms with van der Waals surface area (Å²) in [7, 11) is -1.29. The maximum absolute atomic E-state index is 2.54. The summed E-state index contributed by atoms with van der Waals surface area (Å²) in [5.74, 6) is 0. The van der Waals surface area contributed by atoms with Gasteiger partial charge in [-0.15, -0.1) is 0 Å². The molecular formula is C13H19NSi. The average Bonchev–Trinajstić information content (AvgIpc) is 2.38. The molecule has 1 nitrogen and oxygen atoms in total. The van der Waals surface area contributed by atoms with E-state index in [0.717, 1.165) is 0 Å². The second-order valence-electron chi connectivity index (χ2n) is 5.35. The molecular weight excluding hydrogens is 198 g/mol. The van der Waals surface area contributed by atoms with Gasteiger partial charge >= 0.3 is 0 Å². The number of nitrogens with zero attached hydrogens (tertiary/aromatic N) is 1. The van der Waals surface area contributed by atoms with E-state index in [1.165, 1.54) is 22.2 Å². The van der Waals surface area contributed by atoms with E-state index in [0.29, 0.717) is 0 Å². The first kappa shape index (κ1) is 10.5. The van der Waals surface area contributed by atoms with Crippen LogP contribution < -0.4 is 0 Å². The van der Waals surface area contributed by atoms with Gasteiger partial charge in [0.25, 0.3) is 0 Å². The van der Waals surface area contributed by atoms with Crippen LogP contribution in [0.25, 0.3) is 10.9 Å². The number of hydrogen-bond acceptors (Lipinski definition) is 0. The number of rotatable bonds is 1. The molecule has 0 aliphatic rings. The van der Waals surface area contributed by atoms with Crippen LogP contribution in [0.15, 0.2) is 24.3 Å². The van der Waals surface area contributed by atoms with Crippen LogP contribution in [0.4, 0.5) is 0 Å². The molecule has 1 aromatic carbocycles. The molecule has 2 aromatic rings. The minimum atomic E-state index is -1.29. The van der Waals surface area contributed by atoms with Gasteiger partial charge in [-0.05, 0) is 37.4 Å². The first-order chi connectivity index (χ1) is 6.89. The molecule has 1 heterocycles. The summed E-state index contributed by atoms with van der Waals surface area (Å²) < 4.78 is 2.54. The van der Waals surface area contributed by atoms with Crippen LogP contribution in [-0.4, -0.2) is 12.5 Å². The number of hydrogen-bond donors (Lipinski definition) is 0. The van der Waals surface area contributed by atoms with Gasteiger partial charge in [-0.2, -0.15) is 0 Å². The fourth-order valence-corrected chi connectivity index (χ4v) is 4.41. The normalized spacial score (nSPS) is 12.3. The molecule has 0 atom stereocenters. The Morgan fingerprint density at radius 1 is 1.00 bits per heavy atom. The minimum absolute atomic E-state index is 1.29. The van der Waals surface area contributed by atoms with E-state index in [4.69, 9.17) is 0 Å². The summed E-state index contributed by atoms with van der Waals surface area (Å²) in [4.78, 5) is 0. The average molecular weight is 217 g/mol. The van der Waals surface area contributed by atoms with Crippen molar-refractivity contribution in [3.05, 3.63) is 35.5 Å². The van der Waals surface area contributed by atoms with Crippen molar-refractivity contribution in [3.63, 3.8) is 0 Å². The third-order valence-electron chi connectivity index (χ3n) is 2.81. The second kappa shape index (κ2) is 3.24. The summed E-state index contributed by atoms with van der Waals surface area (Å²) in [6, 6.07) is 9.05. The minimum Gasteiger partial charge on any atom is -0.372 e. The highest BCUT2D eigenvalue weighted by Gasteiger charge is 2.20. The van der Waals surface area contributed by atoms with Crippen molar-refractivity contribution in [1.82, 2.24) is 4.23 Å². The Morgan fingerprint density at radius 2 is 1.67 bits per heavy atom. The third-order valence-corrected chi connectivity index (χ3v) is 4.75. The van der Waals surface area contributed by atoms with Gasteiger partial charge in [0, 0.05) is 11.2 Å². The second-order valence-corrected chi connectivity index (χ2v) is 10.1. The quantitative estimate of drug-likeness (QED) is 0.638. The van der Waals surface area contributed by atoms with E-state index < -0.39 is 8.24 Å². The lowest BCUT2D eigenvalue weighted by molar-refractivity contribution is 1.11. The zero-order valence-corrected chi connectivity index (χ0v) is 11.3. The Morgan fingerprint density at radius 3 is 2.27 bits per heavy atom. The number of aromatic nitrogens is 1. The highest BCUT2D eigenvalue weighted by molar-refractivity contribution is 6.75. The monoisotopic (exact) mass is 217 g/mol. The first-order valence-corrected chi connectivity index (χ1v) is 8.93. The predicted molar refractivity (Wildman–Crippen MR) is 70.2 cm³/mol. The Bertz CT molecular complexity index is 503. The van der Waals surface area contributed by atoms with E-state index in [2.05, 4.69) is 62.0 Å². The first-order valence-electron chi connectivity index (χ1n) is 5.49. The van der Waals surface area contributed by atoms with Crippen LogP contribution >= 0.6 is 0 Å². The van der Waals surface area contributed by atoms with E-state index in [1.807, 2.05) is 0 Å². The van der Waals surface area contributed by atoms with Gasteiger partial charge in [0.15, 0.2) is 8.24 Å². The lowest BCUT2D eigenvalue weighted by atomic mass is 10.2. The topological polar surface area (TPSA) is 4.93 Å². The van der Waals surface area contributed by atoms with Crippen LogP contribution in [0.1, 0.15) is 11.3 Å². The van der Waals surface area contributed by atoms with Crippen molar-refractivity contribution in [3.8, 4) is 0 Å². The molecule has 0 spiro atoms. The van der Waals surface area contributed by atoms with Crippen molar-refractivity contribution in [2.24, 2.45) is 0 Å². The zero-order chi connectivity index (χ0) is 11.2. The standard InChI is InChI=1S/C13H19NSi/c1-10-6-7-13-12(8-10)9-11(2)14(13)15(3,4)5/h6-9H,1-5H3. The van der Waals surface area contributed by atoms with Crippen molar-refractivity contribution >= 4 is 19.1 Å². The van der Waals surface area contributed by atoms with Gasteiger partial charge in [-0.3, -0.25) is 0 Å². The lowest BCUT2D eigenvalue weighted by Gasteiger charge is -2.22. The number of fused-ring (bicyclic) bond motifs is 1. The molecule has 0 bridgehead atoms. The molecule has 0 radical (unpaired) electrons. The summed E-state index contributed by atoms with van der Waals surface area (Å²) in [5, 5.41) is 1.38. The van der Waals surface area contributed by atoms with E-state index in [1.54, 1.807) is 0 Å². The molecule has 2 heteroatoms. The highest BCUT2D eigenvalue weighted by atomic mass is 28.3. The lowest BCUT2D eigenvalue weighted by Crippen LogP contribution is -2.32. The largest absolute Gasteiger partial charge is 0.372 e. The van der Waals surface area contributed by atoms with Crippen LogP contribution in [0.3, 0.4) is 0 Å². The third kappa shape index (κ3) is 1.74. The Hall–Kier alpha value is -1.02. The fourth-order valence-electron chi connectivity index (χ4n) is 2.36. The zero-order valence-electron chi connectivity index (χ0n) is 10.3. The summed E-state index contributed by atoms with van der Waals surface area (Å²) in [6.45, 7) is 11.5. The smallest absolute Gasteiger partial charge is 0.153 e. The predicted octanol–water partition coefficient (Wildman–Crippen LogP) is 3.94. The van der Waals surface area contributed by atoms with Gasteiger partial charge in [0.2, 0.25) is 0 Å². The molecule has 0 fully saturated rings. The van der Waals surface area contributed by atoms with Gasteiger partial charge in [-0.1, -0.05) is 31.3 Å². The molecule has 1 aromatic heterocycles. The van der Waals surface area contributed by atoms with Gasteiger partial charge in [0.05, 0.1) is 0 Å². The molecule has 0 saturated heterocycles. The van der Waals surface area contributed by atoms with Crippen LogP contribution in [0.5, 0.6) is 0 Å². The highest BCUT2D eigenvalue weighted by Crippen LogP contribution is 2.24. The van der Waals surface area contributed by atoms with Crippen molar-refractivity contribution < 1.29 is 0 Å². The van der Waals surface area contributed by atoms with Crippen LogP contribution in [0.2, 0.25) is 19.6 Å². The van der Waals surface area contributed by atoms with E-state index >= 15 is 0 Å². The van der Waals surface area contributed by atoms with Crippen LogP contribution in [-0.2, 0) is 0 Å². The van der Waals surface area contributed by atoms with Gasteiger partial charge < -0.3 is 4.23 Å². The molecule has 0 unspecified atom stereocenters. The molecule has 80 valence electrons. The molecule has 0 saturated carbocycles. The van der Waals surface area contributed by atoms with E-state index in [9.17, 15) is 0 Å². The van der Waals surface area contributed by atoms with Crippen molar-refractivity contribution in [1.29, 1.82) is 0 Å². The Labute approximate surface area is 92.8 Å². The van der Waals surface area contributed by atoms with Crippen LogP contribution in [0, 0.1) is 13.8 Å². The van der Waals surface area contributed by atoms with E-state index in [-0.39, 0.29) is 0 Å². The number of benzene rings is 1. The molecule has 0 N–H and O–H groups in total. The van der Waals surface area contributed by atoms with Crippen molar-refractivity contribution in [2.75, 3.05) is 0 Å². The molecule has 0 aliphatic heterocycles. The maximum Gasteiger partial charge on any atom is 0.153 e. The maximum atomic E-state index is 2.54. The molecule has 2 rings (SSSR count). The summed E-state index contributed by atoms with van der Waals surface area (Å²) >= 11 is 0. The Kier molecular flexibility index (Phi) is 2.27. The fraction of sp³-hybridized carbons (Fsp3) is 0.385. The molecule has 0 amide bonds. The Balaban J connectivity index is 2.80. The summed E-state index contributed by atoms with van der Waals surface area (Å²) in [5.41, 5.74) is 4.14. The van der Waals surface area contributed by atoms with Gasteiger partial charge in [0.1, 0.15) is 0 Å². The molecule has 15 heavy (non-hydrogen) atoms. The molecule has 0 aliphatic carbocycles. The van der Waals surface area contributed by atoms with Gasteiger partial charge in [-0.25, -0.2) is 0 Å². The SMILES string of the molecule is Cc1ccc2c(c1)cc(C)n2[Si](C)(C)C.